The van der Waals surface area contributed by atoms with Crippen molar-refractivity contribution in [1.29, 1.82) is 0 Å². The molecule has 2 fully saturated rings. The SMILES string of the molecule is Cc1cccc(Nc2nccc(N3CCC4(CC3)OCCO4)n2)c1C. The van der Waals surface area contributed by atoms with E-state index in [2.05, 4.69) is 41.2 Å². The average Bonchev–Trinajstić information content (AvgIpc) is 3.08. The second-order valence-corrected chi connectivity index (χ2v) is 6.71. The molecule has 132 valence electrons. The van der Waals surface area contributed by atoms with Gasteiger partial charge >= 0.3 is 0 Å². The molecule has 2 saturated heterocycles. The molecule has 2 aliphatic rings. The Hall–Kier alpha value is -2.18. The van der Waals surface area contributed by atoms with E-state index in [1.807, 2.05) is 18.3 Å². The van der Waals surface area contributed by atoms with E-state index >= 15 is 0 Å². The molecule has 4 rings (SSSR count). The largest absolute Gasteiger partial charge is 0.356 e. The van der Waals surface area contributed by atoms with Gasteiger partial charge in [0, 0.05) is 37.8 Å². The number of benzene rings is 1. The summed E-state index contributed by atoms with van der Waals surface area (Å²) in [5, 5.41) is 3.34. The lowest BCUT2D eigenvalue weighted by molar-refractivity contribution is -0.169. The van der Waals surface area contributed by atoms with Crippen LogP contribution in [0.25, 0.3) is 0 Å². The van der Waals surface area contributed by atoms with Crippen LogP contribution in [0.15, 0.2) is 30.5 Å². The second-order valence-electron chi connectivity index (χ2n) is 6.71. The van der Waals surface area contributed by atoms with E-state index in [0.717, 1.165) is 37.4 Å². The maximum atomic E-state index is 5.80. The smallest absolute Gasteiger partial charge is 0.229 e. The van der Waals surface area contributed by atoms with Crippen molar-refractivity contribution in [3.8, 4) is 0 Å². The number of nitrogens with one attached hydrogen (secondary N) is 1. The Morgan fingerprint density at radius 3 is 2.60 bits per heavy atom. The van der Waals surface area contributed by atoms with Gasteiger partial charge in [-0.05, 0) is 37.1 Å². The van der Waals surface area contributed by atoms with E-state index in [1.54, 1.807) is 0 Å². The van der Waals surface area contributed by atoms with Crippen LogP contribution in [0.2, 0.25) is 0 Å². The van der Waals surface area contributed by atoms with Gasteiger partial charge in [0.1, 0.15) is 5.82 Å². The third-order valence-electron chi connectivity index (χ3n) is 5.15. The Kier molecular flexibility index (Phi) is 4.31. The van der Waals surface area contributed by atoms with Crippen molar-refractivity contribution < 1.29 is 9.47 Å². The third-order valence-corrected chi connectivity index (χ3v) is 5.15. The summed E-state index contributed by atoms with van der Waals surface area (Å²) in [6.45, 7) is 7.37. The first-order chi connectivity index (χ1) is 12.2. The first-order valence-corrected chi connectivity index (χ1v) is 8.84. The van der Waals surface area contributed by atoms with Crippen LogP contribution in [-0.2, 0) is 9.47 Å². The van der Waals surface area contributed by atoms with Crippen LogP contribution < -0.4 is 10.2 Å². The highest BCUT2D eigenvalue weighted by molar-refractivity contribution is 5.61. The molecule has 0 aliphatic carbocycles. The zero-order chi connectivity index (χ0) is 17.3. The highest BCUT2D eigenvalue weighted by Crippen LogP contribution is 2.33. The van der Waals surface area contributed by atoms with Gasteiger partial charge in [-0.1, -0.05) is 12.1 Å². The second kappa shape index (κ2) is 6.61. The molecule has 2 aromatic rings. The lowest BCUT2D eigenvalue weighted by atomic mass is 10.0. The molecule has 6 heteroatoms. The van der Waals surface area contributed by atoms with Crippen LogP contribution in [0, 0.1) is 13.8 Å². The van der Waals surface area contributed by atoms with Crippen molar-refractivity contribution in [2.45, 2.75) is 32.5 Å². The maximum absolute atomic E-state index is 5.80. The molecule has 3 heterocycles. The summed E-state index contributed by atoms with van der Waals surface area (Å²) < 4.78 is 11.6. The van der Waals surface area contributed by atoms with Crippen LogP contribution in [0.5, 0.6) is 0 Å². The predicted octanol–water partition coefficient (Wildman–Crippen LogP) is 3.18. The van der Waals surface area contributed by atoms with Crippen molar-refractivity contribution in [1.82, 2.24) is 9.97 Å². The van der Waals surface area contributed by atoms with Gasteiger partial charge < -0.3 is 19.7 Å². The summed E-state index contributed by atoms with van der Waals surface area (Å²) >= 11 is 0. The number of aryl methyl sites for hydroxylation is 1. The van der Waals surface area contributed by atoms with Crippen LogP contribution in [0.4, 0.5) is 17.5 Å². The van der Waals surface area contributed by atoms with Gasteiger partial charge in [0.2, 0.25) is 5.95 Å². The fourth-order valence-electron chi connectivity index (χ4n) is 3.45. The maximum Gasteiger partial charge on any atom is 0.229 e. The number of rotatable bonds is 3. The molecule has 0 unspecified atom stereocenters. The van der Waals surface area contributed by atoms with E-state index in [1.165, 1.54) is 11.1 Å². The summed E-state index contributed by atoms with van der Waals surface area (Å²) in [6, 6.07) is 8.16. The monoisotopic (exact) mass is 340 g/mol. The topological polar surface area (TPSA) is 59.5 Å². The van der Waals surface area contributed by atoms with Crippen molar-refractivity contribution in [3.63, 3.8) is 0 Å². The summed E-state index contributed by atoms with van der Waals surface area (Å²) in [6.07, 6.45) is 3.55. The van der Waals surface area contributed by atoms with Gasteiger partial charge in [0.25, 0.3) is 0 Å². The predicted molar refractivity (Wildman–Crippen MR) is 97.3 cm³/mol. The van der Waals surface area contributed by atoms with E-state index in [-0.39, 0.29) is 5.79 Å². The van der Waals surface area contributed by atoms with E-state index < -0.39 is 0 Å². The number of anilines is 3. The summed E-state index contributed by atoms with van der Waals surface area (Å²) in [5.74, 6) is 1.21. The van der Waals surface area contributed by atoms with Crippen molar-refractivity contribution in [2.24, 2.45) is 0 Å². The van der Waals surface area contributed by atoms with Crippen molar-refractivity contribution >= 4 is 17.5 Å². The summed E-state index contributed by atoms with van der Waals surface area (Å²) in [5.41, 5.74) is 3.51. The quantitative estimate of drug-likeness (QED) is 0.926. The highest BCUT2D eigenvalue weighted by Gasteiger charge is 2.40. The Morgan fingerprint density at radius 2 is 1.84 bits per heavy atom. The molecule has 0 amide bonds. The molecule has 1 N–H and O–H groups in total. The standard InChI is InChI=1S/C19H24N4O2/c1-14-4-3-5-16(15(14)2)21-18-20-9-6-17(22-18)23-10-7-19(8-11-23)24-12-13-25-19/h3-6,9H,7-8,10-13H2,1-2H3,(H,20,21,22). The molecule has 1 spiro atoms. The lowest BCUT2D eigenvalue weighted by Crippen LogP contribution is -2.45. The van der Waals surface area contributed by atoms with Gasteiger partial charge in [-0.25, -0.2) is 4.98 Å². The molecule has 2 aliphatic heterocycles. The molecule has 25 heavy (non-hydrogen) atoms. The normalized spacial score (nSPS) is 19.4. The molecule has 6 nitrogen and oxygen atoms in total. The molecule has 0 bridgehead atoms. The zero-order valence-corrected chi connectivity index (χ0v) is 14.8. The van der Waals surface area contributed by atoms with Crippen LogP contribution in [-0.4, -0.2) is 42.1 Å². The van der Waals surface area contributed by atoms with Crippen LogP contribution >= 0.6 is 0 Å². The Balaban J connectivity index is 1.47. The minimum atomic E-state index is -0.358. The molecule has 0 radical (unpaired) electrons. The van der Waals surface area contributed by atoms with Gasteiger partial charge in [0.15, 0.2) is 5.79 Å². The number of nitrogens with zero attached hydrogens (tertiary/aromatic N) is 3. The van der Waals surface area contributed by atoms with E-state index in [9.17, 15) is 0 Å². The summed E-state index contributed by atoms with van der Waals surface area (Å²) in [4.78, 5) is 11.3. The Bertz CT molecular complexity index is 749. The Morgan fingerprint density at radius 1 is 1.08 bits per heavy atom. The van der Waals surface area contributed by atoms with Gasteiger partial charge in [0.05, 0.1) is 13.2 Å². The molecule has 1 aromatic heterocycles. The first-order valence-electron chi connectivity index (χ1n) is 8.84. The molecule has 1 aromatic carbocycles. The van der Waals surface area contributed by atoms with Gasteiger partial charge in [-0.15, -0.1) is 0 Å². The van der Waals surface area contributed by atoms with E-state index in [4.69, 9.17) is 14.5 Å². The molecular formula is C19H24N4O2. The fraction of sp³-hybridized carbons (Fsp3) is 0.474. The first kappa shape index (κ1) is 16.3. The number of hydrogen-bond donors (Lipinski definition) is 1. The van der Waals surface area contributed by atoms with Crippen molar-refractivity contribution in [3.05, 3.63) is 41.6 Å². The number of ether oxygens (including phenoxy) is 2. The molecular weight excluding hydrogens is 316 g/mol. The van der Waals surface area contributed by atoms with Gasteiger partial charge in [-0.2, -0.15) is 4.98 Å². The number of aromatic nitrogens is 2. The van der Waals surface area contributed by atoms with Crippen LogP contribution in [0.3, 0.4) is 0 Å². The zero-order valence-electron chi connectivity index (χ0n) is 14.8. The van der Waals surface area contributed by atoms with Gasteiger partial charge in [-0.3, -0.25) is 0 Å². The number of piperidine rings is 1. The summed E-state index contributed by atoms with van der Waals surface area (Å²) in [7, 11) is 0. The molecule has 0 atom stereocenters. The average molecular weight is 340 g/mol. The minimum absolute atomic E-state index is 0.358. The lowest BCUT2D eigenvalue weighted by Gasteiger charge is -2.38. The van der Waals surface area contributed by atoms with E-state index in [0.29, 0.717) is 19.2 Å². The molecule has 0 saturated carbocycles. The van der Waals surface area contributed by atoms with Crippen molar-refractivity contribution in [2.75, 3.05) is 36.5 Å². The number of hydrogen-bond acceptors (Lipinski definition) is 6. The minimum Gasteiger partial charge on any atom is -0.356 e. The fourth-order valence-corrected chi connectivity index (χ4v) is 3.45. The van der Waals surface area contributed by atoms with Crippen LogP contribution in [0.1, 0.15) is 24.0 Å². The Labute approximate surface area is 148 Å². The highest BCUT2D eigenvalue weighted by atomic mass is 16.7. The third kappa shape index (κ3) is 3.32.